The first-order valence-electron chi connectivity index (χ1n) is 19.8. The van der Waals surface area contributed by atoms with Crippen molar-refractivity contribution in [3.05, 3.63) is 149 Å². The van der Waals surface area contributed by atoms with E-state index in [0.29, 0.717) is 26.2 Å². The van der Waals surface area contributed by atoms with Crippen LogP contribution in [-0.4, -0.2) is 74.6 Å². The lowest BCUT2D eigenvalue weighted by molar-refractivity contribution is 0.00799. The fourth-order valence-corrected chi connectivity index (χ4v) is 7.21. The first kappa shape index (κ1) is 40.3. The summed E-state index contributed by atoms with van der Waals surface area (Å²) in [7, 11) is 0. The second-order valence-corrected chi connectivity index (χ2v) is 14.7. The first-order valence-corrected chi connectivity index (χ1v) is 19.8. The molecule has 1 fully saturated rings. The number of hydrogen-bond acceptors (Lipinski definition) is 9. The summed E-state index contributed by atoms with van der Waals surface area (Å²) < 4.78 is 51.3. The van der Waals surface area contributed by atoms with Crippen LogP contribution in [0.15, 0.2) is 121 Å². The molecule has 1 aliphatic heterocycles. The van der Waals surface area contributed by atoms with Crippen LogP contribution in [0.1, 0.15) is 50.5 Å². The van der Waals surface area contributed by atoms with Gasteiger partial charge in [0, 0.05) is 55.1 Å². The van der Waals surface area contributed by atoms with Gasteiger partial charge in [-0.25, -0.2) is 27.8 Å². The van der Waals surface area contributed by atoms with Gasteiger partial charge in [0.15, 0.2) is 0 Å². The third-order valence-corrected chi connectivity index (χ3v) is 10.5. The minimum absolute atomic E-state index is 0.00469. The summed E-state index contributed by atoms with van der Waals surface area (Å²) in [6, 6.07) is 29.5. The number of anilines is 2. The summed E-state index contributed by atoms with van der Waals surface area (Å²) in [6.07, 6.45) is 4.37. The highest BCUT2D eigenvalue weighted by molar-refractivity contribution is 5.54. The number of hydrogen-bond donors (Lipinski definition) is 0. The maximum atomic E-state index is 14.6. The standard InChI is InChI=1S/C44H50F2N8O4/c1-4-42(33(3)56-28-34-8-6-5-7-9-34)54-44(55)53(31-49-54)38-13-11-36(12-14-38)50-20-22-51(23-21-50)37-15-17-39(18-16-37)57-26-32(2)27-58-43(25-52-30-47-29-48-52)40-19-10-35(45)24-41(40)46/h5-19,24,29-33,42-43H,4,20-23,25-28H2,1-3H3. The number of rotatable bonds is 18. The van der Waals surface area contributed by atoms with E-state index in [9.17, 15) is 13.6 Å². The summed E-state index contributed by atoms with van der Waals surface area (Å²) in [5, 5.41) is 8.59. The van der Waals surface area contributed by atoms with Gasteiger partial charge in [0.25, 0.3) is 0 Å². The molecule has 0 amide bonds. The fraction of sp³-hybridized carbons (Fsp3) is 0.364. The Labute approximate surface area is 337 Å². The van der Waals surface area contributed by atoms with Crippen LogP contribution >= 0.6 is 0 Å². The van der Waals surface area contributed by atoms with Gasteiger partial charge in [0.05, 0.1) is 44.2 Å². The van der Waals surface area contributed by atoms with Gasteiger partial charge in [-0.2, -0.15) is 10.2 Å². The zero-order chi connectivity index (χ0) is 40.4. The van der Waals surface area contributed by atoms with Gasteiger partial charge in [0.1, 0.15) is 42.5 Å². The molecule has 1 aliphatic rings. The molecule has 4 aromatic carbocycles. The minimum Gasteiger partial charge on any atom is -0.493 e. The topological polar surface area (TPSA) is 105 Å². The molecule has 1 saturated heterocycles. The number of halogens is 2. The molecule has 4 atom stereocenters. The molecule has 58 heavy (non-hydrogen) atoms. The van der Waals surface area contributed by atoms with Gasteiger partial charge in [-0.05, 0) is 73.5 Å². The number of aromatic nitrogens is 6. The molecular formula is C44H50F2N8O4. The highest BCUT2D eigenvalue weighted by atomic mass is 19.1. The summed E-state index contributed by atoms with van der Waals surface area (Å²) in [5.74, 6) is -0.563. The van der Waals surface area contributed by atoms with Gasteiger partial charge in [-0.15, -0.1) is 0 Å². The molecule has 0 N–H and O–H groups in total. The predicted octanol–water partition coefficient (Wildman–Crippen LogP) is 7.26. The van der Waals surface area contributed by atoms with Crippen LogP contribution in [0.2, 0.25) is 0 Å². The number of nitrogens with zero attached hydrogens (tertiary/aromatic N) is 8. The van der Waals surface area contributed by atoms with Gasteiger partial charge in [0.2, 0.25) is 0 Å². The summed E-state index contributed by atoms with van der Waals surface area (Å²) >= 11 is 0. The summed E-state index contributed by atoms with van der Waals surface area (Å²) in [6.45, 7) is 10.9. The van der Waals surface area contributed by atoms with Crippen LogP contribution in [0.4, 0.5) is 20.2 Å². The van der Waals surface area contributed by atoms with Crippen LogP contribution < -0.4 is 20.2 Å². The van der Waals surface area contributed by atoms with Crippen LogP contribution in [0.3, 0.4) is 0 Å². The highest BCUT2D eigenvalue weighted by Gasteiger charge is 2.24. The van der Waals surface area contributed by atoms with E-state index in [4.69, 9.17) is 14.2 Å². The van der Waals surface area contributed by atoms with E-state index in [-0.39, 0.29) is 35.9 Å². The Morgan fingerprint density at radius 1 is 0.759 bits per heavy atom. The van der Waals surface area contributed by atoms with E-state index in [0.717, 1.165) is 60.6 Å². The fourth-order valence-electron chi connectivity index (χ4n) is 7.21. The second-order valence-electron chi connectivity index (χ2n) is 14.7. The van der Waals surface area contributed by atoms with Gasteiger partial charge >= 0.3 is 5.69 Å². The van der Waals surface area contributed by atoms with Crippen molar-refractivity contribution in [1.82, 2.24) is 29.1 Å². The summed E-state index contributed by atoms with van der Waals surface area (Å²) in [5.41, 5.74) is 4.16. The maximum Gasteiger partial charge on any atom is 0.350 e. The van der Waals surface area contributed by atoms with Crippen molar-refractivity contribution in [3.63, 3.8) is 0 Å². The largest absolute Gasteiger partial charge is 0.493 e. The molecule has 0 saturated carbocycles. The molecule has 14 heteroatoms. The lowest BCUT2D eigenvalue weighted by Gasteiger charge is -2.37. The van der Waals surface area contributed by atoms with E-state index in [2.05, 4.69) is 49.2 Å². The molecule has 0 bridgehead atoms. The van der Waals surface area contributed by atoms with Crippen molar-refractivity contribution in [2.45, 2.75) is 58.6 Å². The van der Waals surface area contributed by atoms with Gasteiger partial charge < -0.3 is 24.0 Å². The quantitative estimate of drug-likeness (QED) is 0.0890. The number of piperazine rings is 1. The van der Waals surface area contributed by atoms with E-state index >= 15 is 0 Å². The number of ether oxygens (including phenoxy) is 3. The third-order valence-electron chi connectivity index (χ3n) is 10.5. The lowest BCUT2D eigenvalue weighted by Crippen LogP contribution is -2.46. The molecule has 2 aromatic heterocycles. The first-order chi connectivity index (χ1) is 28.2. The van der Waals surface area contributed by atoms with E-state index in [1.807, 2.05) is 75.4 Å². The molecule has 7 rings (SSSR count). The summed E-state index contributed by atoms with van der Waals surface area (Å²) in [4.78, 5) is 22.2. The van der Waals surface area contributed by atoms with Crippen molar-refractivity contribution in [3.8, 4) is 11.4 Å². The SMILES string of the molecule is CCC(C(C)OCc1ccccc1)n1ncn(-c2ccc(N3CCN(c4ccc(OCC(C)COC(Cn5cncn5)c5ccc(F)cc5F)cc4)CC3)cc2)c1=O. The normalized spacial score (nSPS) is 15.3. The molecule has 6 aromatic rings. The van der Waals surface area contributed by atoms with Crippen LogP contribution in [0, 0.1) is 17.6 Å². The Bertz CT molecular complexity index is 2220. The molecule has 3 heterocycles. The monoisotopic (exact) mass is 792 g/mol. The Balaban J connectivity index is 0.872. The van der Waals surface area contributed by atoms with Crippen LogP contribution in [-0.2, 0) is 22.6 Å². The van der Waals surface area contributed by atoms with Crippen molar-refractivity contribution >= 4 is 11.4 Å². The molecular weight excluding hydrogens is 743 g/mol. The molecule has 304 valence electrons. The van der Waals surface area contributed by atoms with E-state index in [1.165, 1.54) is 24.8 Å². The zero-order valence-electron chi connectivity index (χ0n) is 33.1. The van der Waals surface area contributed by atoms with E-state index < -0.39 is 17.7 Å². The predicted molar refractivity (Wildman–Crippen MR) is 218 cm³/mol. The van der Waals surface area contributed by atoms with E-state index in [1.54, 1.807) is 20.3 Å². The highest BCUT2D eigenvalue weighted by Crippen LogP contribution is 2.27. The van der Waals surface area contributed by atoms with Gasteiger partial charge in [-0.3, -0.25) is 4.68 Å². The van der Waals surface area contributed by atoms with Crippen molar-refractivity contribution < 1.29 is 23.0 Å². The van der Waals surface area contributed by atoms with Crippen molar-refractivity contribution in [2.24, 2.45) is 5.92 Å². The maximum absolute atomic E-state index is 14.6. The molecule has 0 aliphatic carbocycles. The minimum atomic E-state index is -0.675. The Kier molecular flexibility index (Phi) is 13.3. The second kappa shape index (κ2) is 19.1. The third kappa shape index (κ3) is 9.98. The molecule has 0 radical (unpaired) electrons. The smallest absolute Gasteiger partial charge is 0.350 e. The molecule has 4 unspecified atom stereocenters. The zero-order valence-corrected chi connectivity index (χ0v) is 33.1. The van der Waals surface area contributed by atoms with Crippen LogP contribution in [0.25, 0.3) is 5.69 Å². The average Bonchev–Trinajstić information content (AvgIpc) is 3.91. The Morgan fingerprint density at radius 2 is 1.43 bits per heavy atom. The van der Waals surface area contributed by atoms with Gasteiger partial charge in [-0.1, -0.05) is 50.2 Å². The van der Waals surface area contributed by atoms with Crippen molar-refractivity contribution in [1.29, 1.82) is 0 Å². The lowest BCUT2D eigenvalue weighted by atomic mass is 10.1. The number of benzene rings is 4. The molecule has 12 nitrogen and oxygen atoms in total. The average molecular weight is 793 g/mol. The Morgan fingerprint density at radius 3 is 2.07 bits per heavy atom. The molecule has 0 spiro atoms. The van der Waals surface area contributed by atoms with Crippen molar-refractivity contribution in [2.75, 3.05) is 49.2 Å². The van der Waals surface area contributed by atoms with Crippen LogP contribution in [0.5, 0.6) is 5.75 Å². The Hall–Kier alpha value is -5.86.